The number of aliphatic hydroxyl groups excluding tert-OH is 1. The van der Waals surface area contributed by atoms with Crippen molar-refractivity contribution in [3.63, 3.8) is 0 Å². The van der Waals surface area contributed by atoms with E-state index in [0.717, 1.165) is 11.8 Å². The third-order valence-electron chi connectivity index (χ3n) is 6.77. The van der Waals surface area contributed by atoms with Crippen LogP contribution in [0.3, 0.4) is 0 Å². The van der Waals surface area contributed by atoms with E-state index in [2.05, 4.69) is 20.8 Å². The van der Waals surface area contributed by atoms with Gasteiger partial charge < -0.3 is 9.84 Å². The molecule has 0 amide bonds. The zero-order valence-corrected chi connectivity index (χ0v) is 13.7. The maximum absolute atomic E-state index is 9.44. The van der Waals surface area contributed by atoms with Crippen molar-refractivity contribution in [2.75, 3.05) is 6.61 Å². The molecule has 0 saturated heterocycles. The van der Waals surface area contributed by atoms with Crippen LogP contribution in [0.15, 0.2) is 0 Å². The van der Waals surface area contributed by atoms with Crippen LogP contribution in [0, 0.1) is 22.7 Å². The topological polar surface area (TPSA) is 29.5 Å². The Morgan fingerprint density at radius 1 is 1.15 bits per heavy atom. The predicted molar refractivity (Wildman–Crippen MR) is 81.6 cm³/mol. The lowest BCUT2D eigenvalue weighted by molar-refractivity contribution is -0.215. The summed E-state index contributed by atoms with van der Waals surface area (Å²) in [7, 11) is 0. The zero-order valence-electron chi connectivity index (χ0n) is 13.7. The van der Waals surface area contributed by atoms with Crippen molar-refractivity contribution in [2.24, 2.45) is 22.7 Å². The summed E-state index contributed by atoms with van der Waals surface area (Å²) in [6.45, 7) is 9.54. The van der Waals surface area contributed by atoms with Crippen LogP contribution in [0.5, 0.6) is 0 Å². The third kappa shape index (κ3) is 2.23. The van der Waals surface area contributed by atoms with Gasteiger partial charge in [0.05, 0.1) is 18.3 Å². The normalized spacial score (nSPS) is 47.9. The quantitative estimate of drug-likeness (QED) is 0.841. The van der Waals surface area contributed by atoms with Crippen molar-refractivity contribution in [3.8, 4) is 0 Å². The summed E-state index contributed by atoms with van der Waals surface area (Å²) in [5, 5.41) is 9.44. The van der Waals surface area contributed by atoms with Crippen LogP contribution in [-0.4, -0.2) is 23.4 Å². The molecule has 3 saturated carbocycles. The average molecular weight is 280 g/mol. The summed E-state index contributed by atoms with van der Waals surface area (Å²) in [5.74, 6) is 1.56. The Bertz CT molecular complexity index is 378. The second-order valence-corrected chi connectivity index (χ2v) is 8.96. The second-order valence-electron chi connectivity index (χ2n) is 8.96. The van der Waals surface area contributed by atoms with E-state index in [-0.39, 0.29) is 18.3 Å². The highest BCUT2D eigenvalue weighted by Gasteiger charge is 2.61. The molecule has 2 bridgehead atoms. The monoisotopic (exact) mass is 280 g/mol. The lowest BCUT2D eigenvalue weighted by atomic mass is 9.49. The van der Waals surface area contributed by atoms with E-state index < -0.39 is 0 Å². The molecule has 5 unspecified atom stereocenters. The number of aliphatic hydroxyl groups is 1. The molecule has 1 N–H and O–H groups in total. The fourth-order valence-corrected chi connectivity index (χ4v) is 5.76. The lowest BCUT2D eigenvalue weighted by Gasteiger charge is -2.60. The fraction of sp³-hybridized carbons (Fsp3) is 1.00. The van der Waals surface area contributed by atoms with Gasteiger partial charge in [0, 0.05) is 0 Å². The van der Waals surface area contributed by atoms with Crippen molar-refractivity contribution in [1.82, 2.24) is 0 Å². The minimum atomic E-state index is -0.0141. The third-order valence-corrected chi connectivity index (χ3v) is 6.77. The molecule has 0 aromatic rings. The predicted octanol–water partition coefficient (Wildman–Crippen LogP) is 4.16. The molecule has 2 nitrogen and oxygen atoms in total. The van der Waals surface area contributed by atoms with E-state index in [0.29, 0.717) is 10.8 Å². The molecular formula is C18H32O2. The Morgan fingerprint density at radius 2 is 1.90 bits per heavy atom. The van der Waals surface area contributed by atoms with Crippen LogP contribution in [0.4, 0.5) is 0 Å². The van der Waals surface area contributed by atoms with Gasteiger partial charge in [-0.05, 0) is 68.1 Å². The summed E-state index contributed by atoms with van der Waals surface area (Å²) >= 11 is 0. The first-order valence-electron chi connectivity index (χ1n) is 8.59. The Morgan fingerprint density at radius 3 is 2.55 bits per heavy atom. The summed E-state index contributed by atoms with van der Waals surface area (Å²) in [6.07, 6.45) is 9.16. The van der Waals surface area contributed by atoms with Crippen LogP contribution in [0.1, 0.15) is 72.6 Å². The van der Waals surface area contributed by atoms with E-state index in [1.54, 1.807) is 0 Å². The molecule has 20 heavy (non-hydrogen) atoms. The number of rotatable bonds is 3. The summed E-state index contributed by atoms with van der Waals surface area (Å²) in [5.41, 5.74) is 1.03. The molecule has 0 aromatic heterocycles. The van der Waals surface area contributed by atoms with E-state index in [9.17, 15) is 5.11 Å². The van der Waals surface area contributed by atoms with Crippen molar-refractivity contribution >= 4 is 0 Å². The fourth-order valence-electron chi connectivity index (χ4n) is 5.76. The smallest absolute Gasteiger partial charge is 0.0785 e. The van der Waals surface area contributed by atoms with Crippen LogP contribution in [0.25, 0.3) is 0 Å². The van der Waals surface area contributed by atoms with Gasteiger partial charge in [0.15, 0.2) is 0 Å². The molecule has 0 aliphatic heterocycles. The first kappa shape index (κ1) is 14.8. The standard InChI is InChI=1S/C18H32O2/c1-13(11-19)20-18-8-5-7-17(4,12-18)9-6-14-15(18)10-16(14,2)3/h13-15,19H,5-12H2,1-4H3. The minimum Gasteiger partial charge on any atom is -0.394 e. The van der Waals surface area contributed by atoms with Gasteiger partial charge in [-0.15, -0.1) is 0 Å². The minimum absolute atomic E-state index is 0.0141. The van der Waals surface area contributed by atoms with Crippen LogP contribution < -0.4 is 0 Å². The Balaban J connectivity index is 1.91. The molecule has 0 aromatic carbocycles. The molecular weight excluding hydrogens is 248 g/mol. The Labute approximate surface area is 124 Å². The van der Waals surface area contributed by atoms with Crippen LogP contribution in [0.2, 0.25) is 0 Å². The van der Waals surface area contributed by atoms with Crippen LogP contribution >= 0.6 is 0 Å². The van der Waals surface area contributed by atoms with Gasteiger partial charge in [-0.25, -0.2) is 0 Å². The molecule has 0 spiro atoms. The zero-order chi connectivity index (χ0) is 14.6. The van der Waals surface area contributed by atoms with Gasteiger partial charge in [-0.1, -0.05) is 27.2 Å². The molecule has 3 aliphatic carbocycles. The molecule has 0 heterocycles. The number of ether oxygens (including phenoxy) is 1. The van der Waals surface area contributed by atoms with Gasteiger partial charge >= 0.3 is 0 Å². The molecule has 3 rings (SSSR count). The van der Waals surface area contributed by atoms with Crippen LogP contribution in [-0.2, 0) is 4.74 Å². The molecule has 0 radical (unpaired) electrons. The van der Waals surface area contributed by atoms with Gasteiger partial charge in [0.2, 0.25) is 0 Å². The number of hydrogen-bond donors (Lipinski definition) is 1. The van der Waals surface area contributed by atoms with Crippen molar-refractivity contribution in [2.45, 2.75) is 84.3 Å². The highest BCUT2D eigenvalue weighted by molar-refractivity contribution is 5.11. The molecule has 2 heteroatoms. The summed E-state index contributed by atoms with van der Waals surface area (Å²) < 4.78 is 6.52. The average Bonchev–Trinajstić information content (AvgIpc) is 2.41. The van der Waals surface area contributed by atoms with Crippen molar-refractivity contribution in [1.29, 1.82) is 0 Å². The SMILES string of the molecule is CC(CO)OC12CCCC(C)(CCC3C1CC3(C)C)C2. The highest BCUT2D eigenvalue weighted by Crippen LogP contribution is 2.65. The molecule has 5 atom stereocenters. The summed E-state index contributed by atoms with van der Waals surface area (Å²) in [4.78, 5) is 0. The lowest BCUT2D eigenvalue weighted by Crippen LogP contribution is -2.58. The Hall–Kier alpha value is -0.0800. The maximum Gasteiger partial charge on any atom is 0.0785 e. The Kier molecular flexibility index (Phi) is 3.49. The molecule has 3 fully saturated rings. The highest BCUT2D eigenvalue weighted by atomic mass is 16.5. The van der Waals surface area contributed by atoms with Gasteiger partial charge in [0.25, 0.3) is 0 Å². The number of fused-ring (bicyclic) bond motifs is 4. The summed E-state index contributed by atoms with van der Waals surface area (Å²) in [6, 6.07) is 0. The largest absolute Gasteiger partial charge is 0.394 e. The van der Waals surface area contributed by atoms with E-state index >= 15 is 0 Å². The van der Waals surface area contributed by atoms with E-state index in [1.165, 1.54) is 44.9 Å². The molecule has 3 aliphatic rings. The van der Waals surface area contributed by atoms with Gasteiger partial charge in [-0.3, -0.25) is 0 Å². The first-order chi connectivity index (χ1) is 9.30. The van der Waals surface area contributed by atoms with Gasteiger partial charge in [-0.2, -0.15) is 0 Å². The van der Waals surface area contributed by atoms with Crippen molar-refractivity contribution in [3.05, 3.63) is 0 Å². The maximum atomic E-state index is 9.44. The van der Waals surface area contributed by atoms with E-state index in [1.807, 2.05) is 6.92 Å². The number of hydrogen-bond acceptors (Lipinski definition) is 2. The van der Waals surface area contributed by atoms with Gasteiger partial charge in [0.1, 0.15) is 0 Å². The van der Waals surface area contributed by atoms with Crippen molar-refractivity contribution < 1.29 is 9.84 Å². The first-order valence-corrected chi connectivity index (χ1v) is 8.59. The second kappa shape index (κ2) is 4.71. The molecule has 116 valence electrons. The van der Waals surface area contributed by atoms with E-state index in [4.69, 9.17) is 4.74 Å².